The van der Waals surface area contributed by atoms with Crippen LogP contribution in [0.3, 0.4) is 0 Å². The zero-order valence-corrected chi connectivity index (χ0v) is 16.8. The second kappa shape index (κ2) is 8.31. The molecule has 0 spiro atoms. The predicted molar refractivity (Wildman–Crippen MR) is 112 cm³/mol. The van der Waals surface area contributed by atoms with E-state index in [1.54, 1.807) is 0 Å². The molecule has 6 nitrogen and oxygen atoms in total. The summed E-state index contributed by atoms with van der Waals surface area (Å²) in [6, 6.07) is 4.28. The lowest BCUT2D eigenvalue weighted by molar-refractivity contribution is 0.476. The van der Waals surface area contributed by atoms with E-state index in [2.05, 4.69) is 39.3 Å². The molecule has 1 atom stereocenters. The van der Waals surface area contributed by atoms with Crippen LogP contribution in [0.1, 0.15) is 44.6 Å². The van der Waals surface area contributed by atoms with Crippen LogP contribution in [0.15, 0.2) is 29.5 Å². The van der Waals surface area contributed by atoms with E-state index in [0.29, 0.717) is 18.0 Å². The van der Waals surface area contributed by atoms with Gasteiger partial charge in [0.25, 0.3) is 0 Å². The fourth-order valence-corrected chi connectivity index (χ4v) is 4.30. The molecule has 2 aromatic rings. The van der Waals surface area contributed by atoms with Gasteiger partial charge in [-0.25, -0.2) is 19.2 Å². The lowest BCUT2D eigenvalue weighted by Crippen LogP contribution is -2.52. The minimum absolute atomic E-state index is 0.190. The molecule has 2 aliphatic rings. The van der Waals surface area contributed by atoms with Crippen molar-refractivity contribution in [3.05, 3.63) is 41.6 Å². The largest absolute Gasteiger partial charge is 0.368 e. The summed E-state index contributed by atoms with van der Waals surface area (Å²) in [7, 11) is 2.07. The lowest BCUT2D eigenvalue weighted by Gasteiger charge is -2.45. The number of aromatic nitrogens is 2. The number of anilines is 3. The van der Waals surface area contributed by atoms with Gasteiger partial charge in [0.1, 0.15) is 11.6 Å². The molecule has 1 unspecified atom stereocenters. The normalized spacial score (nSPS) is 19.8. The molecule has 154 valence electrons. The first kappa shape index (κ1) is 19.5. The highest BCUT2D eigenvalue weighted by atomic mass is 19.1. The van der Waals surface area contributed by atoms with Gasteiger partial charge >= 0.3 is 0 Å². The maximum Gasteiger partial charge on any atom is 0.245 e. The van der Waals surface area contributed by atoms with Crippen molar-refractivity contribution in [3.8, 4) is 0 Å². The first-order chi connectivity index (χ1) is 14.1. The minimum atomic E-state index is -0.665. The van der Waals surface area contributed by atoms with Crippen LogP contribution in [0.2, 0.25) is 0 Å². The number of benzene rings is 1. The van der Waals surface area contributed by atoms with Gasteiger partial charge in [-0.3, -0.25) is 0 Å². The number of nitrogens with one attached hydrogen (secondary N) is 1. The van der Waals surface area contributed by atoms with Crippen molar-refractivity contribution in [1.82, 2.24) is 9.97 Å². The van der Waals surface area contributed by atoms with Crippen LogP contribution in [0, 0.1) is 11.6 Å². The van der Waals surface area contributed by atoms with E-state index < -0.39 is 11.6 Å². The van der Waals surface area contributed by atoms with E-state index in [4.69, 9.17) is 4.98 Å². The third-order valence-electron chi connectivity index (χ3n) is 5.80. The molecule has 4 rings (SSSR count). The maximum absolute atomic E-state index is 13.7. The van der Waals surface area contributed by atoms with Crippen LogP contribution in [0.25, 0.3) is 0 Å². The smallest absolute Gasteiger partial charge is 0.245 e. The SMILES string of the molecule is CCC1CN(C)c2cnc(N/N=C/c3ccc(F)cc3F)nc2N1C1CCCC1. The van der Waals surface area contributed by atoms with Crippen molar-refractivity contribution in [2.75, 3.05) is 28.8 Å². The predicted octanol–water partition coefficient (Wildman–Crippen LogP) is 4.18. The monoisotopic (exact) mass is 400 g/mol. The van der Waals surface area contributed by atoms with Gasteiger partial charge in [0, 0.05) is 37.3 Å². The van der Waals surface area contributed by atoms with Crippen molar-refractivity contribution < 1.29 is 8.78 Å². The number of hydrogen-bond acceptors (Lipinski definition) is 6. The minimum Gasteiger partial charge on any atom is -0.368 e. The molecule has 1 saturated carbocycles. The van der Waals surface area contributed by atoms with E-state index in [1.165, 1.54) is 44.0 Å². The van der Waals surface area contributed by atoms with E-state index >= 15 is 0 Å². The average molecular weight is 400 g/mol. The van der Waals surface area contributed by atoms with Gasteiger partial charge < -0.3 is 9.80 Å². The summed E-state index contributed by atoms with van der Waals surface area (Å²) < 4.78 is 26.8. The van der Waals surface area contributed by atoms with Gasteiger partial charge in [0.05, 0.1) is 18.1 Å². The Morgan fingerprint density at radius 3 is 2.79 bits per heavy atom. The summed E-state index contributed by atoms with van der Waals surface area (Å²) in [6.07, 6.45) is 9.05. The number of likely N-dealkylation sites (N-methyl/N-ethyl adjacent to an activating group) is 1. The Labute approximate surface area is 169 Å². The zero-order valence-electron chi connectivity index (χ0n) is 16.8. The molecule has 0 bridgehead atoms. The van der Waals surface area contributed by atoms with E-state index in [1.807, 2.05) is 6.20 Å². The number of hydrogen-bond donors (Lipinski definition) is 1. The first-order valence-electron chi connectivity index (χ1n) is 10.2. The van der Waals surface area contributed by atoms with Crippen LogP contribution < -0.4 is 15.2 Å². The van der Waals surface area contributed by atoms with Crippen molar-refractivity contribution in [3.63, 3.8) is 0 Å². The summed E-state index contributed by atoms with van der Waals surface area (Å²) >= 11 is 0. The Morgan fingerprint density at radius 1 is 1.28 bits per heavy atom. The molecule has 1 N–H and O–H groups in total. The molecule has 1 aliphatic carbocycles. The molecular weight excluding hydrogens is 374 g/mol. The quantitative estimate of drug-likeness (QED) is 0.603. The standard InChI is InChI=1S/C21H26F2N6/c1-3-16-13-28(2)19-12-24-21(26-20(19)29(16)17-6-4-5-7-17)27-25-11-14-8-9-15(22)10-18(14)23/h8-12,16-17H,3-7,13H2,1-2H3,(H,24,26,27)/b25-11+. The van der Waals surface area contributed by atoms with Crippen molar-refractivity contribution >= 4 is 23.7 Å². The molecule has 0 saturated heterocycles. The summed E-state index contributed by atoms with van der Waals surface area (Å²) in [5, 5.41) is 4.04. The lowest BCUT2D eigenvalue weighted by atomic mass is 10.0. The highest BCUT2D eigenvalue weighted by molar-refractivity contribution is 5.80. The van der Waals surface area contributed by atoms with Crippen molar-refractivity contribution in [2.45, 2.75) is 51.1 Å². The van der Waals surface area contributed by atoms with Gasteiger partial charge in [-0.1, -0.05) is 19.8 Å². The van der Waals surface area contributed by atoms with Crippen molar-refractivity contribution in [1.29, 1.82) is 0 Å². The maximum atomic E-state index is 13.7. The summed E-state index contributed by atoms with van der Waals surface area (Å²) in [4.78, 5) is 13.8. The molecule has 1 aliphatic heterocycles. The number of fused-ring (bicyclic) bond motifs is 1. The van der Waals surface area contributed by atoms with Crippen LogP contribution in [0.5, 0.6) is 0 Å². The molecule has 29 heavy (non-hydrogen) atoms. The highest BCUT2D eigenvalue weighted by Crippen LogP contribution is 2.39. The number of halogens is 2. The highest BCUT2D eigenvalue weighted by Gasteiger charge is 2.35. The topological polar surface area (TPSA) is 56.7 Å². The third-order valence-corrected chi connectivity index (χ3v) is 5.80. The Hall–Kier alpha value is -2.77. The van der Waals surface area contributed by atoms with E-state index in [9.17, 15) is 8.78 Å². The van der Waals surface area contributed by atoms with Crippen LogP contribution >= 0.6 is 0 Å². The fourth-order valence-electron chi connectivity index (χ4n) is 4.30. The van der Waals surface area contributed by atoms with Crippen LogP contribution in [-0.4, -0.2) is 41.9 Å². The number of rotatable bonds is 5. The molecule has 1 aromatic carbocycles. The molecule has 2 heterocycles. The van der Waals surface area contributed by atoms with Gasteiger partial charge in [0.15, 0.2) is 5.82 Å². The van der Waals surface area contributed by atoms with Crippen LogP contribution in [0.4, 0.5) is 26.2 Å². The van der Waals surface area contributed by atoms with Gasteiger partial charge in [0.2, 0.25) is 5.95 Å². The van der Waals surface area contributed by atoms with Crippen LogP contribution in [-0.2, 0) is 0 Å². The summed E-state index contributed by atoms with van der Waals surface area (Å²) in [6.45, 7) is 3.17. The molecule has 0 amide bonds. The van der Waals surface area contributed by atoms with Crippen molar-refractivity contribution in [2.24, 2.45) is 5.10 Å². The second-order valence-electron chi connectivity index (χ2n) is 7.73. The Balaban J connectivity index is 1.58. The number of nitrogens with zero attached hydrogens (tertiary/aromatic N) is 5. The fraction of sp³-hybridized carbons (Fsp3) is 0.476. The Morgan fingerprint density at radius 2 is 2.07 bits per heavy atom. The molecule has 8 heteroatoms. The van der Waals surface area contributed by atoms with E-state index in [0.717, 1.165) is 30.5 Å². The third kappa shape index (κ3) is 4.02. The summed E-state index contributed by atoms with van der Waals surface area (Å²) in [5.74, 6) is 0.00259. The second-order valence-corrected chi connectivity index (χ2v) is 7.73. The number of hydrazone groups is 1. The van der Waals surface area contributed by atoms with Gasteiger partial charge in [-0.05, 0) is 31.4 Å². The molecule has 1 fully saturated rings. The summed E-state index contributed by atoms with van der Waals surface area (Å²) in [5.41, 5.74) is 3.99. The molecule has 1 aromatic heterocycles. The Bertz CT molecular complexity index is 897. The molecular formula is C21H26F2N6. The molecule has 0 radical (unpaired) electrons. The van der Waals surface area contributed by atoms with Gasteiger partial charge in [-0.15, -0.1) is 0 Å². The average Bonchev–Trinajstić information content (AvgIpc) is 3.23. The first-order valence-corrected chi connectivity index (χ1v) is 10.2. The zero-order chi connectivity index (χ0) is 20.4. The van der Waals surface area contributed by atoms with Gasteiger partial charge in [-0.2, -0.15) is 10.1 Å². The van der Waals surface area contributed by atoms with E-state index in [-0.39, 0.29) is 5.56 Å². The Kier molecular flexibility index (Phi) is 5.60.